The van der Waals surface area contributed by atoms with Gasteiger partial charge >= 0.3 is 0 Å². The lowest BCUT2D eigenvalue weighted by atomic mass is 9.73. The van der Waals surface area contributed by atoms with Crippen molar-refractivity contribution in [2.24, 2.45) is 11.8 Å². The van der Waals surface area contributed by atoms with E-state index in [-0.39, 0.29) is 35.1 Å². The van der Waals surface area contributed by atoms with E-state index >= 15 is 0 Å². The number of ether oxygens (including phenoxy) is 1. The molecule has 12 nitrogen and oxygen atoms in total. The summed E-state index contributed by atoms with van der Waals surface area (Å²) < 4.78 is 8.53. The Bertz CT molecular complexity index is 2630. The van der Waals surface area contributed by atoms with Crippen molar-refractivity contribution in [3.05, 3.63) is 97.5 Å². The number of amides is 4. The minimum absolute atomic E-state index is 0.0852. The van der Waals surface area contributed by atoms with Crippen LogP contribution in [0.5, 0.6) is 5.75 Å². The molecule has 0 bridgehead atoms. The molecule has 7 heterocycles. The second-order valence-electron chi connectivity index (χ2n) is 19.7. The summed E-state index contributed by atoms with van der Waals surface area (Å²) in [7, 11) is 0. The third-order valence-corrected chi connectivity index (χ3v) is 16.2. The number of carbonyl (C=O) groups excluding carboxylic acids is 4. The Kier molecular flexibility index (Phi) is 9.46. The van der Waals surface area contributed by atoms with E-state index in [0.29, 0.717) is 66.4 Å². The highest BCUT2D eigenvalue weighted by Crippen LogP contribution is 2.50. The normalized spacial score (nSPS) is 25.4. The van der Waals surface area contributed by atoms with Crippen molar-refractivity contribution in [1.29, 1.82) is 0 Å². The van der Waals surface area contributed by atoms with E-state index in [4.69, 9.17) is 16.3 Å². The fourth-order valence-corrected chi connectivity index (χ4v) is 12.5. The number of nitrogens with one attached hydrogen (secondary N) is 1. The molecule has 3 saturated heterocycles. The second kappa shape index (κ2) is 14.8. The van der Waals surface area contributed by atoms with Crippen LogP contribution in [0.4, 0.5) is 0 Å². The molecule has 6 aliphatic heterocycles. The highest BCUT2D eigenvalue weighted by Gasteiger charge is 2.49. The van der Waals surface area contributed by atoms with E-state index in [2.05, 4.69) is 56.7 Å². The minimum atomic E-state index is -0.659. The number of fused-ring (bicyclic) bond motifs is 9. The number of halogens is 1. The molecule has 1 aromatic heterocycles. The van der Waals surface area contributed by atoms with Gasteiger partial charge in [0.2, 0.25) is 17.7 Å². The van der Waals surface area contributed by atoms with Gasteiger partial charge < -0.3 is 19.4 Å². The molecule has 4 amide bonds. The van der Waals surface area contributed by atoms with Crippen LogP contribution in [0.3, 0.4) is 0 Å². The fraction of sp³-hybridized carbons (Fsp3) is 0.510. The largest absolute Gasteiger partial charge is 0.492 e. The molecule has 13 heteroatoms. The van der Waals surface area contributed by atoms with E-state index in [1.165, 1.54) is 11.1 Å². The maximum absolute atomic E-state index is 13.9. The third kappa shape index (κ3) is 6.25. The van der Waals surface area contributed by atoms with E-state index in [1.54, 1.807) is 11.0 Å². The first-order chi connectivity index (χ1) is 29.9. The Morgan fingerprint density at radius 2 is 1.66 bits per heavy atom. The van der Waals surface area contributed by atoms with E-state index in [9.17, 15) is 24.0 Å². The first-order valence-corrected chi connectivity index (χ1v) is 23.1. The zero-order valence-electron chi connectivity index (χ0n) is 35.5. The lowest BCUT2D eigenvalue weighted by Crippen LogP contribution is -2.52. The second-order valence-corrected chi connectivity index (χ2v) is 20.1. The number of aromatic nitrogens is 2. The van der Waals surface area contributed by atoms with Crippen molar-refractivity contribution in [3.8, 4) is 11.4 Å². The number of likely N-dealkylation sites (tertiary alicyclic amines) is 2. The average Bonchev–Trinajstić information content (AvgIpc) is 3.87. The van der Waals surface area contributed by atoms with Crippen LogP contribution >= 0.6 is 11.6 Å². The van der Waals surface area contributed by atoms with Crippen LogP contribution < -0.4 is 15.6 Å². The molecule has 0 unspecified atom stereocenters. The summed E-state index contributed by atoms with van der Waals surface area (Å²) in [6.07, 6.45) is 8.47. The fourth-order valence-electron chi connectivity index (χ4n) is 12.2. The van der Waals surface area contributed by atoms with Crippen LogP contribution in [0.25, 0.3) is 16.6 Å². The third-order valence-electron chi connectivity index (χ3n) is 15.9. The van der Waals surface area contributed by atoms with Gasteiger partial charge in [0.1, 0.15) is 17.6 Å². The van der Waals surface area contributed by atoms with Crippen molar-refractivity contribution in [3.63, 3.8) is 0 Å². The quantitative estimate of drug-likeness (QED) is 0.229. The van der Waals surface area contributed by atoms with Gasteiger partial charge in [-0.1, -0.05) is 35.9 Å². The SMILES string of the molecule is CC1(C)c2ccc(C3CCN(CC4CCC(C(=O)N5CCC6(CC5)COc5c6ccc6c5CN([C@H]5CCC(=O)NC5=O)C6=O)CC4)CC3)cc2-n2c1nc(=O)c1c(Cl)cccc12. The molecule has 7 aliphatic rings. The van der Waals surface area contributed by atoms with Gasteiger partial charge in [0.15, 0.2) is 0 Å². The molecule has 1 atom stereocenters. The highest BCUT2D eigenvalue weighted by atomic mass is 35.5. The Morgan fingerprint density at radius 1 is 0.903 bits per heavy atom. The Balaban J connectivity index is 0.676. The van der Waals surface area contributed by atoms with E-state index in [0.717, 1.165) is 105 Å². The molecule has 11 rings (SSSR count). The molecule has 322 valence electrons. The number of imide groups is 1. The molecule has 1 saturated carbocycles. The predicted molar refractivity (Wildman–Crippen MR) is 234 cm³/mol. The average molecular weight is 857 g/mol. The van der Waals surface area contributed by atoms with Crippen molar-refractivity contribution in [2.75, 3.05) is 39.3 Å². The summed E-state index contributed by atoms with van der Waals surface area (Å²) in [5.74, 6) is 2.09. The maximum Gasteiger partial charge on any atom is 0.282 e. The van der Waals surface area contributed by atoms with Crippen LogP contribution in [-0.4, -0.2) is 93.3 Å². The van der Waals surface area contributed by atoms with Crippen LogP contribution in [0.15, 0.2) is 53.3 Å². The van der Waals surface area contributed by atoms with Crippen LogP contribution in [0.1, 0.15) is 122 Å². The highest BCUT2D eigenvalue weighted by molar-refractivity contribution is 6.35. The Hall–Kier alpha value is -5.07. The van der Waals surface area contributed by atoms with Crippen LogP contribution in [0.2, 0.25) is 5.02 Å². The number of nitrogens with zero attached hydrogens (tertiary/aromatic N) is 5. The van der Waals surface area contributed by atoms with Gasteiger partial charge in [0, 0.05) is 54.1 Å². The minimum Gasteiger partial charge on any atom is -0.492 e. The van der Waals surface area contributed by atoms with Gasteiger partial charge in [-0.2, -0.15) is 4.98 Å². The Labute approximate surface area is 365 Å². The molecule has 1 aliphatic carbocycles. The van der Waals surface area contributed by atoms with Crippen LogP contribution in [-0.2, 0) is 31.8 Å². The lowest BCUT2D eigenvalue weighted by molar-refractivity contribution is -0.139. The lowest BCUT2D eigenvalue weighted by Gasteiger charge is -2.41. The number of piperidine rings is 3. The summed E-state index contributed by atoms with van der Waals surface area (Å²) in [5.41, 5.74) is 6.08. The summed E-state index contributed by atoms with van der Waals surface area (Å²) in [5, 5.41) is 3.28. The molecule has 1 spiro atoms. The molecule has 1 N–H and O–H groups in total. The predicted octanol–water partition coefficient (Wildman–Crippen LogP) is 6.38. The molecular weight excluding hydrogens is 804 g/mol. The van der Waals surface area contributed by atoms with Gasteiger partial charge in [0.25, 0.3) is 11.5 Å². The molecular formula is C49H53ClN6O6. The van der Waals surface area contributed by atoms with Crippen molar-refractivity contribution < 1.29 is 23.9 Å². The molecule has 0 radical (unpaired) electrons. The van der Waals surface area contributed by atoms with E-state index in [1.807, 2.05) is 24.3 Å². The molecule has 4 fully saturated rings. The molecule has 3 aromatic carbocycles. The smallest absolute Gasteiger partial charge is 0.282 e. The molecule has 4 aromatic rings. The van der Waals surface area contributed by atoms with Gasteiger partial charge in [-0.3, -0.25) is 33.9 Å². The number of benzene rings is 3. The zero-order chi connectivity index (χ0) is 42.7. The maximum atomic E-state index is 13.9. The van der Waals surface area contributed by atoms with Crippen LogP contribution in [0, 0.1) is 11.8 Å². The number of rotatable bonds is 5. The van der Waals surface area contributed by atoms with Gasteiger partial charge in [0.05, 0.1) is 40.2 Å². The number of hydrogen-bond acceptors (Lipinski definition) is 8. The topological polar surface area (TPSA) is 134 Å². The summed E-state index contributed by atoms with van der Waals surface area (Å²) in [6.45, 7) is 9.74. The van der Waals surface area contributed by atoms with Gasteiger partial charge in [-0.15, -0.1) is 0 Å². The molecule has 62 heavy (non-hydrogen) atoms. The van der Waals surface area contributed by atoms with Gasteiger partial charge in [-0.25, -0.2) is 0 Å². The summed E-state index contributed by atoms with van der Waals surface area (Å²) >= 11 is 6.52. The first kappa shape index (κ1) is 39.8. The zero-order valence-corrected chi connectivity index (χ0v) is 36.3. The summed E-state index contributed by atoms with van der Waals surface area (Å²) in [4.78, 5) is 75.6. The van der Waals surface area contributed by atoms with Gasteiger partial charge in [-0.05, 0) is 132 Å². The first-order valence-electron chi connectivity index (χ1n) is 22.7. The number of hydrogen-bond donors (Lipinski definition) is 1. The number of carbonyl (C=O) groups is 4. The van der Waals surface area contributed by atoms with E-state index < -0.39 is 17.4 Å². The van der Waals surface area contributed by atoms with Crippen molar-refractivity contribution >= 4 is 46.1 Å². The van der Waals surface area contributed by atoms with Crippen molar-refractivity contribution in [2.45, 2.75) is 107 Å². The standard InChI is InChI=1S/C49H53ClN6O6/c1-48(2)34-12-10-31(24-39(34)56-37-5-3-4-36(50)41(37)44(59)52-47(48)56)29-16-20-53(21-17-29)25-28-6-8-30(9-7-28)45(60)54-22-18-49(19-23-54)27-62-42-33-26-55(38-14-15-40(57)51-43(38)58)46(61)32(33)11-13-35(42)49/h3-5,10-13,24,28-30,38H,6-9,14-23,25-27H2,1-2H3,(H,51,57,58)/t28?,30?,38-/m0/s1. The Morgan fingerprint density at radius 3 is 2.42 bits per heavy atom. The van der Waals surface area contributed by atoms with Crippen molar-refractivity contribution in [1.82, 2.24) is 29.6 Å². The summed E-state index contributed by atoms with van der Waals surface area (Å²) in [6, 6.07) is 15.7. The monoisotopic (exact) mass is 856 g/mol.